The zero-order valence-corrected chi connectivity index (χ0v) is 20.0. The summed E-state index contributed by atoms with van der Waals surface area (Å²) in [5.41, 5.74) is 0.486. The third kappa shape index (κ3) is 5.85. The maximum Gasteiger partial charge on any atom is 0.407 e. The van der Waals surface area contributed by atoms with Gasteiger partial charge in [0.15, 0.2) is 0 Å². The number of halogens is 1. The number of nitrogens with one attached hydrogen (secondary N) is 1. The average Bonchev–Trinajstić information content (AvgIpc) is 2.72. The molecule has 0 fully saturated rings. The van der Waals surface area contributed by atoms with Gasteiger partial charge in [-0.3, -0.25) is 14.5 Å². The van der Waals surface area contributed by atoms with Gasteiger partial charge in [-0.1, -0.05) is 28.1 Å². The molecule has 8 nitrogen and oxygen atoms in total. The molecule has 1 aliphatic rings. The Bertz CT molecular complexity index is 995. The van der Waals surface area contributed by atoms with Crippen molar-refractivity contribution in [3.05, 3.63) is 45.9 Å². The van der Waals surface area contributed by atoms with Crippen LogP contribution in [0.25, 0.3) is 10.8 Å². The van der Waals surface area contributed by atoms with Crippen LogP contribution in [-0.2, 0) is 14.2 Å². The van der Waals surface area contributed by atoms with E-state index in [1.165, 1.54) is 4.90 Å². The quantitative estimate of drug-likeness (QED) is 0.411. The summed E-state index contributed by atoms with van der Waals surface area (Å²) in [5.74, 6) is -0.640. The van der Waals surface area contributed by atoms with Crippen molar-refractivity contribution in [2.45, 2.75) is 26.4 Å². The number of hydrogen-bond donors (Lipinski definition) is 1. The third-order valence-corrected chi connectivity index (χ3v) is 5.38. The lowest BCUT2D eigenvalue weighted by Crippen LogP contribution is -2.42. The molecule has 0 aromatic heterocycles. The van der Waals surface area contributed by atoms with E-state index < -0.39 is 11.7 Å². The second kappa shape index (κ2) is 10.4. The van der Waals surface area contributed by atoms with E-state index in [4.69, 9.17) is 14.2 Å². The number of rotatable bonds is 9. The van der Waals surface area contributed by atoms with E-state index >= 15 is 0 Å². The van der Waals surface area contributed by atoms with Gasteiger partial charge in [-0.2, -0.15) is 0 Å². The van der Waals surface area contributed by atoms with E-state index in [1.54, 1.807) is 32.9 Å². The first kappa shape index (κ1) is 24.2. The highest BCUT2D eigenvalue weighted by Gasteiger charge is 2.32. The highest BCUT2D eigenvalue weighted by molar-refractivity contribution is 9.10. The summed E-state index contributed by atoms with van der Waals surface area (Å²) in [6.07, 6.45) is -0.488. The summed E-state index contributed by atoms with van der Waals surface area (Å²) in [4.78, 5) is 38.5. The molecule has 2 aromatic carbocycles. The number of carbonyl (C=O) groups excluding carboxylic acids is 3. The van der Waals surface area contributed by atoms with E-state index in [9.17, 15) is 14.4 Å². The Morgan fingerprint density at radius 3 is 2.31 bits per heavy atom. The lowest BCUT2D eigenvalue weighted by atomic mass is 9.94. The SMILES string of the molecule is CC(C)(C)OC(=O)NCCOCCOCCN1C(=O)c2cccc3c(Br)ccc(c23)C1=O. The molecular weight excluding hydrogens is 480 g/mol. The van der Waals surface area contributed by atoms with E-state index in [-0.39, 0.29) is 25.0 Å². The van der Waals surface area contributed by atoms with Crippen molar-refractivity contribution in [2.75, 3.05) is 39.5 Å². The van der Waals surface area contributed by atoms with Gasteiger partial charge in [0.25, 0.3) is 11.8 Å². The van der Waals surface area contributed by atoms with Gasteiger partial charge in [-0.05, 0) is 44.4 Å². The highest BCUT2D eigenvalue weighted by atomic mass is 79.9. The molecular formula is C23H27BrN2O6. The van der Waals surface area contributed by atoms with Gasteiger partial charge < -0.3 is 19.5 Å². The predicted molar refractivity (Wildman–Crippen MR) is 123 cm³/mol. The minimum absolute atomic E-state index is 0.157. The first-order chi connectivity index (χ1) is 15.2. The summed E-state index contributed by atoms with van der Waals surface area (Å²) in [6, 6.07) is 8.98. The Kier molecular flexibility index (Phi) is 7.86. The fourth-order valence-electron chi connectivity index (χ4n) is 3.33. The number of hydrogen-bond acceptors (Lipinski definition) is 6. The Morgan fingerprint density at radius 2 is 1.62 bits per heavy atom. The van der Waals surface area contributed by atoms with Gasteiger partial charge in [0, 0.05) is 27.5 Å². The molecule has 1 N–H and O–H groups in total. The molecule has 1 heterocycles. The fourth-order valence-corrected chi connectivity index (χ4v) is 3.79. The molecule has 3 rings (SSSR count). The van der Waals surface area contributed by atoms with Crippen LogP contribution in [0.3, 0.4) is 0 Å². The Labute approximate surface area is 195 Å². The van der Waals surface area contributed by atoms with Crippen molar-refractivity contribution >= 4 is 44.6 Å². The smallest absolute Gasteiger partial charge is 0.407 e. The van der Waals surface area contributed by atoms with Crippen molar-refractivity contribution < 1.29 is 28.6 Å². The second-order valence-electron chi connectivity index (χ2n) is 8.24. The monoisotopic (exact) mass is 506 g/mol. The lowest BCUT2D eigenvalue weighted by molar-refractivity contribution is 0.0310. The van der Waals surface area contributed by atoms with Crippen LogP contribution < -0.4 is 5.32 Å². The number of benzene rings is 2. The molecule has 1 aliphatic heterocycles. The normalized spacial score (nSPS) is 13.6. The van der Waals surface area contributed by atoms with Gasteiger partial charge in [0.05, 0.1) is 33.0 Å². The molecule has 0 saturated heterocycles. The number of alkyl carbamates (subject to hydrolysis) is 1. The lowest BCUT2D eigenvalue weighted by Gasteiger charge is -2.27. The third-order valence-electron chi connectivity index (χ3n) is 4.68. The van der Waals surface area contributed by atoms with E-state index in [2.05, 4.69) is 21.2 Å². The van der Waals surface area contributed by atoms with Crippen LogP contribution in [0.4, 0.5) is 4.79 Å². The first-order valence-corrected chi connectivity index (χ1v) is 11.2. The van der Waals surface area contributed by atoms with Gasteiger partial charge in [0.1, 0.15) is 5.60 Å². The molecule has 0 bridgehead atoms. The summed E-state index contributed by atoms with van der Waals surface area (Å²) >= 11 is 3.48. The average molecular weight is 507 g/mol. The summed E-state index contributed by atoms with van der Waals surface area (Å²) in [5, 5.41) is 4.13. The fraction of sp³-hybridized carbons (Fsp3) is 0.435. The van der Waals surface area contributed by atoms with Crippen molar-refractivity contribution in [1.82, 2.24) is 10.2 Å². The zero-order valence-electron chi connectivity index (χ0n) is 18.4. The van der Waals surface area contributed by atoms with Crippen LogP contribution in [0.1, 0.15) is 41.5 Å². The molecule has 32 heavy (non-hydrogen) atoms. The van der Waals surface area contributed by atoms with Crippen molar-refractivity contribution in [3.63, 3.8) is 0 Å². The standard InChI is InChI=1S/C23H27BrN2O6/c1-23(2,3)32-22(29)25-9-11-30-13-14-31-12-10-26-20(27)16-6-4-5-15-18(24)8-7-17(19(15)16)21(26)28/h4-8H,9-14H2,1-3H3,(H,25,29). The minimum atomic E-state index is -0.540. The van der Waals surface area contributed by atoms with Crippen LogP contribution in [0.15, 0.2) is 34.8 Å². The molecule has 0 radical (unpaired) electrons. The van der Waals surface area contributed by atoms with Crippen molar-refractivity contribution in [3.8, 4) is 0 Å². The maximum atomic E-state index is 12.9. The Morgan fingerprint density at radius 1 is 0.969 bits per heavy atom. The molecule has 0 saturated carbocycles. The van der Waals surface area contributed by atoms with Crippen LogP contribution in [0, 0.1) is 0 Å². The molecule has 0 unspecified atom stereocenters. The molecule has 172 valence electrons. The van der Waals surface area contributed by atoms with E-state index in [0.717, 1.165) is 9.86 Å². The Hall–Kier alpha value is -2.49. The molecule has 2 aromatic rings. The maximum absolute atomic E-state index is 12.9. The minimum Gasteiger partial charge on any atom is -0.444 e. The molecule has 0 aliphatic carbocycles. The number of imide groups is 1. The first-order valence-electron chi connectivity index (χ1n) is 10.4. The largest absolute Gasteiger partial charge is 0.444 e. The number of nitrogens with zero attached hydrogens (tertiary/aromatic N) is 1. The highest BCUT2D eigenvalue weighted by Crippen LogP contribution is 2.34. The van der Waals surface area contributed by atoms with Crippen LogP contribution in [0.5, 0.6) is 0 Å². The van der Waals surface area contributed by atoms with Crippen molar-refractivity contribution in [2.24, 2.45) is 0 Å². The number of carbonyl (C=O) groups is 3. The molecule has 0 atom stereocenters. The van der Waals surface area contributed by atoms with Crippen LogP contribution in [0.2, 0.25) is 0 Å². The second-order valence-corrected chi connectivity index (χ2v) is 9.09. The van der Waals surface area contributed by atoms with E-state index in [0.29, 0.717) is 42.9 Å². The number of ether oxygens (including phenoxy) is 3. The Balaban J connectivity index is 1.39. The molecule has 0 spiro atoms. The van der Waals surface area contributed by atoms with Gasteiger partial charge in [0.2, 0.25) is 0 Å². The molecule has 3 amide bonds. The van der Waals surface area contributed by atoms with E-state index in [1.807, 2.05) is 18.2 Å². The zero-order chi connectivity index (χ0) is 23.3. The predicted octanol–water partition coefficient (Wildman–Crippen LogP) is 3.76. The van der Waals surface area contributed by atoms with Crippen LogP contribution in [-0.4, -0.2) is 67.9 Å². The van der Waals surface area contributed by atoms with Gasteiger partial charge >= 0.3 is 6.09 Å². The summed E-state index contributed by atoms with van der Waals surface area (Å²) < 4.78 is 16.9. The molecule has 9 heteroatoms. The van der Waals surface area contributed by atoms with Crippen LogP contribution >= 0.6 is 15.9 Å². The summed E-state index contributed by atoms with van der Waals surface area (Å²) in [7, 11) is 0. The van der Waals surface area contributed by atoms with Crippen molar-refractivity contribution in [1.29, 1.82) is 0 Å². The van der Waals surface area contributed by atoms with Gasteiger partial charge in [-0.15, -0.1) is 0 Å². The summed E-state index contributed by atoms with van der Waals surface area (Å²) in [6.45, 7) is 7.03. The number of amides is 3. The topological polar surface area (TPSA) is 94.2 Å². The van der Waals surface area contributed by atoms with Gasteiger partial charge in [-0.25, -0.2) is 4.79 Å².